The highest BCUT2D eigenvalue weighted by molar-refractivity contribution is 5.92. The number of carbonyl (C=O) groups excluding carboxylic acids is 1. The van der Waals surface area contributed by atoms with Crippen LogP contribution in [0.25, 0.3) is 0 Å². The van der Waals surface area contributed by atoms with Gasteiger partial charge in [-0.3, -0.25) is 19.1 Å². The van der Waals surface area contributed by atoms with Gasteiger partial charge in [-0.1, -0.05) is 24.3 Å². The minimum Gasteiger partial charge on any atom is -0.405 e. The van der Waals surface area contributed by atoms with Crippen molar-refractivity contribution in [3.63, 3.8) is 0 Å². The highest BCUT2D eigenvalue weighted by atomic mass is 19.4. The van der Waals surface area contributed by atoms with Crippen LogP contribution >= 0.6 is 0 Å². The fraction of sp³-hybridized carbons (Fsp3) is 0.158. The average Bonchev–Trinajstić information content (AvgIpc) is 2.69. The van der Waals surface area contributed by atoms with Crippen LogP contribution in [0, 0.1) is 0 Å². The summed E-state index contributed by atoms with van der Waals surface area (Å²) in [6.07, 6.45) is -1.85. The number of aromatic nitrogens is 3. The van der Waals surface area contributed by atoms with Crippen molar-refractivity contribution in [1.29, 1.82) is 0 Å². The van der Waals surface area contributed by atoms with Crippen LogP contribution in [0.4, 0.5) is 13.2 Å². The summed E-state index contributed by atoms with van der Waals surface area (Å²) in [4.78, 5) is 42.9. The molecule has 2 N–H and O–H groups in total. The molecule has 0 fully saturated rings. The number of halogens is 3. The van der Waals surface area contributed by atoms with Crippen LogP contribution in [0.5, 0.6) is 5.75 Å². The number of nitrogens with one attached hydrogen (secondary N) is 2. The molecule has 0 saturated heterocycles. The zero-order valence-electron chi connectivity index (χ0n) is 15.3. The Hall–Kier alpha value is -3.89. The Kier molecular flexibility index (Phi) is 6.00. The Balaban J connectivity index is 1.74. The molecule has 30 heavy (non-hydrogen) atoms. The first-order valence-corrected chi connectivity index (χ1v) is 8.58. The summed E-state index contributed by atoms with van der Waals surface area (Å²) in [5.41, 5.74) is -1.16. The first-order valence-electron chi connectivity index (χ1n) is 8.58. The Bertz CT molecular complexity index is 1130. The number of pyridine rings is 1. The molecule has 0 unspecified atom stereocenters. The van der Waals surface area contributed by atoms with E-state index in [0.29, 0.717) is 5.56 Å². The Morgan fingerprint density at radius 2 is 1.93 bits per heavy atom. The zero-order chi connectivity index (χ0) is 21.7. The molecule has 3 rings (SSSR count). The molecule has 1 aromatic carbocycles. The molecule has 1 amide bonds. The first-order chi connectivity index (χ1) is 14.2. The molecule has 0 atom stereocenters. The van der Waals surface area contributed by atoms with Gasteiger partial charge in [-0.15, -0.1) is 13.2 Å². The van der Waals surface area contributed by atoms with Gasteiger partial charge in [-0.2, -0.15) is 0 Å². The third-order valence-electron chi connectivity index (χ3n) is 3.97. The van der Waals surface area contributed by atoms with Gasteiger partial charge < -0.3 is 15.0 Å². The molecule has 0 bridgehead atoms. The van der Waals surface area contributed by atoms with E-state index in [2.05, 4.69) is 20.0 Å². The van der Waals surface area contributed by atoms with Crippen molar-refractivity contribution in [2.24, 2.45) is 0 Å². The van der Waals surface area contributed by atoms with E-state index < -0.39 is 29.3 Å². The van der Waals surface area contributed by atoms with E-state index in [-0.39, 0.29) is 24.3 Å². The van der Waals surface area contributed by atoms with Gasteiger partial charge in [0.2, 0.25) is 0 Å². The van der Waals surface area contributed by atoms with E-state index in [0.717, 1.165) is 16.7 Å². The number of hydrogen-bond donors (Lipinski definition) is 2. The lowest BCUT2D eigenvalue weighted by molar-refractivity contribution is -0.274. The lowest BCUT2D eigenvalue weighted by Gasteiger charge is -2.13. The summed E-state index contributed by atoms with van der Waals surface area (Å²) in [7, 11) is 0. The maximum atomic E-state index is 12.5. The quantitative estimate of drug-likeness (QED) is 0.633. The second-order valence-electron chi connectivity index (χ2n) is 6.11. The number of alkyl halides is 3. The number of carbonyl (C=O) groups is 1. The van der Waals surface area contributed by atoms with Crippen molar-refractivity contribution in [2.75, 3.05) is 0 Å². The third kappa shape index (κ3) is 5.34. The molecule has 11 heteroatoms. The number of nitrogens with zero attached hydrogens (tertiary/aromatic N) is 2. The molecular weight excluding hydrogens is 405 g/mol. The number of amides is 1. The van der Waals surface area contributed by atoms with Crippen molar-refractivity contribution < 1.29 is 22.7 Å². The SMILES string of the molecule is O=C(NCc1ccccc1OC(F)(F)F)c1cc(=O)n(Cc2cccnc2)c(=O)[nH]1. The largest absolute Gasteiger partial charge is 0.573 e. The molecule has 3 aromatic rings. The minimum atomic E-state index is -4.88. The number of rotatable bonds is 6. The van der Waals surface area contributed by atoms with Gasteiger partial charge in [-0.05, 0) is 17.7 Å². The van der Waals surface area contributed by atoms with Gasteiger partial charge >= 0.3 is 12.1 Å². The maximum absolute atomic E-state index is 12.5. The monoisotopic (exact) mass is 420 g/mol. The topological polar surface area (TPSA) is 106 Å². The van der Waals surface area contributed by atoms with Crippen LogP contribution < -0.4 is 21.3 Å². The van der Waals surface area contributed by atoms with E-state index in [1.807, 2.05) is 0 Å². The lowest BCUT2D eigenvalue weighted by Crippen LogP contribution is -2.38. The number of para-hydroxylation sites is 1. The molecule has 0 spiro atoms. The van der Waals surface area contributed by atoms with Crippen molar-refractivity contribution in [1.82, 2.24) is 19.9 Å². The normalized spacial score (nSPS) is 11.2. The summed E-state index contributed by atoms with van der Waals surface area (Å²) in [6.45, 7) is -0.349. The van der Waals surface area contributed by atoms with E-state index in [1.54, 1.807) is 18.3 Å². The van der Waals surface area contributed by atoms with Gasteiger partial charge in [0.25, 0.3) is 11.5 Å². The summed E-state index contributed by atoms with van der Waals surface area (Å²) >= 11 is 0. The van der Waals surface area contributed by atoms with Crippen molar-refractivity contribution in [2.45, 2.75) is 19.5 Å². The number of hydrogen-bond acceptors (Lipinski definition) is 5. The number of aromatic amines is 1. The average molecular weight is 420 g/mol. The molecule has 0 saturated carbocycles. The van der Waals surface area contributed by atoms with Gasteiger partial charge in [-0.25, -0.2) is 4.79 Å². The zero-order valence-corrected chi connectivity index (χ0v) is 15.3. The molecule has 0 aliphatic heterocycles. The highest BCUT2D eigenvalue weighted by Crippen LogP contribution is 2.26. The summed E-state index contributed by atoms with van der Waals surface area (Å²) in [5, 5.41) is 2.35. The fourth-order valence-electron chi connectivity index (χ4n) is 2.61. The summed E-state index contributed by atoms with van der Waals surface area (Å²) in [5.74, 6) is -1.30. The van der Waals surface area contributed by atoms with Gasteiger partial charge in [0.15, 0.2) is 0 Å². The second-order valence-corrected chi connectivity index (χ2v) is 6.11. The smallest absolute Gasteiger partial charge is 0.405 e. The molecule has 0 radical (unpaired) electrons. The van der Waals surface area contributed by atoms with Crippen LogP contribution in [0.2, 0.25) is 0 Å². The molecule has 2 aromatic heterocycles. The first kappa shape index (κ1) is 20.8. The summed E-state index contributed by atoms with van der Waals surface area (Å²) < 4.78 is 42.2. The van der Waals surface area contributed by atoms with Crippen LogP contribution in [-0.4, -0.2) is 26.8 Å². The molecule has 156 valence electrons. The van der Waals surface area contributed by atoms with E-state index >= 15 is 0 Å². The standard InChI is InChI=1S/C19H15F3N4O4/c20-19(21,22)30-15-6-2-1-5-13(15)10-24-17(28)14-8-16(27)26(18(29)25-14)11-12-4-3-7-23-9-12/h1-9H,10-11H2,(H,24,28)(H,25,29). The summed E-state index contributed by atoms with van der Waals surface area (Å²) in [6, 6.07) is 9.55. The number of ether oxygens (including phenoxy) is 1. The third-order valence-corrected chi connectivity index (χ3v) is 3.97. The van der Waals surface area contributed by atoms with E-state index in [9.17, 15) is 27.6 Å². The van der Waals surface area contributed by atoms with E-state index in [1.165, 1.54) is 24.4 Å². The Morgan fingerprint density at radius 1 is 1.17 bits per heavy atom. The highest BCUT2D eigenvalue weighted by Gasteiger charge is 2.32. The van der Waals surface area contributed by atoms with Crippen LogP contribution in [-0.2, 0) is 13.1 Å². The molecule has 8 nitrogen and oxygen atoms in total. The van der Waals surface area contributed by atoms with Crippen molar-refractivity contribution in [3.8, 4) is 5.75 Å². The molecular formula is C19H15F3N4O4. The lowest BCUT2D eigenvalue weighted by atomic mass is 10.2. The van der Waals surface area contributed by atoms with E-state index in [4.69, 9.17) is 0 Å². The van der Waals surface area contributed by atoms with Gasteiger partial charge in [0.05, 0.1) is 6.54 Å². The van der Waals surface area contributed by atoms with Crippen molar-refractivity contribution >= 4 is 5.91 Å². The van der Waals surface area contributed by atoms with Crippen LogP contribution in [0.1, 0.15) is 21.6 Å². The molecule has 0 aliphatic rings. The van der Waals surface area contributed by atoms with Crippen LogP contribution in [0.3, 0.4) is 0 Å². The fourth-order valence-corrected chi connectivity index (χ4v) is 2.61. The van der Waals surface area contributed by atoms with Crippen molar-refractivity contribution in [3.05, 3.63) is 92.5 Å². The Morgan fingerprint density at radius 3 is 2.60 bits per heavy atom. The molecule has 2 heterocycles. The van der Waals surface area contributed by atoms with Gasteiger partial charge in [0.1, 0.15) is 11.4 Å². The maximum Gasteiger partial charge on any atom is 0.573 e. The van der Waals surface area contributed by atoms with Crippen LogP contribution in [0.15, 0.2) is 64.4 Å². The number of benzene rings is 1. The second kappa shape index (κ2) is 8.64. The Labute approximate surface area is 167 Å². The predicted octanol–water partition coefficient (Wildman–Crippen LogP) is 1.81. The van der Waals surface area contributed by atoms with Gasteiger partial charge in [0, 0.05) is 30.6 Å². The predicted molar refractivity (Wildman–Crippen MR) is 99.0 cm³/mol. The number of H-pyrrole nitrogens is 1. The molecule has 0 aliphatic carbocycles. The minimum absolute atomic E-state index is 0.0357.